The molecule has 1 aromatic heterocycles. The van der Waals surface area contributed by atoms with Gasteiger partial charge < -0.3 is 5.11 Å². The van der Waals surface area contributed by atoms with E-state index in [4.69, 9.17) is 0 Å². The summed E-state index contributed by atoms with van der Waals surface area (Å²) >= 11 is 0. The topological polar surface area (TPSA) is 33.1 Å². The maximum Gasteiger partial charge on any atom is 0.161 e. The summed E-state index contributed by atoms with van der Waals surface area (Å²) in [5.41, 5.74) is 5.62. The molecule has 0 amide bonds. The highest BCUT2D eigenvalue weighted by molar-refractivity contribution is 5.82. The third-order valence-electron chi connectivity index (χ3n) is 5.34. The van der Waals surface area contributed by atoms with Crippen molar-refractivity contribution >= 4 is 35.2 Å². The maximum absolute atomic E-state index is 13.5. The molecule has 1 atom stereocenters. The first-order valence-corrected chi connectivity index (χ1v) is 9.61. The molecule has 4 heteroatoms. The largest absolute Gasteiger partial charge is 0.384 e. The van der Waals surface area contributed by atoms with Gasteiger partial charge in [0.05, 0.1) is 11.2 Å². The molecule has 1 unspecified atom stereocenters. The van der Waals surface area contributed by atoms with Gasteiger partial charge in [-0.1, -0.05) is 60.7 Å². The first-order valence-electron chi connectivity index (χ1n) is 9.61. The number of halogens is 2. The lowest BCUT2D eigenvalue weighted by molar-refractivity contribution is 0.220. The molecule has 0 saturated carbocycles. The van der Waals surface area contributed by atoms with Crippen molar-refractivity contribution in [3.8, 4) is 0 Å². The Morgan fingerprint density at radius 1 is 0.767 bits per heavy atom. The van der Waals surface area contributed by atoms with Gasteiger partial charge in [-0.3, -0.25) is 0 Å². The van der Waals surface area contributed by atoms with Crippen LogP contribution in [-0.2, 0) is 0 Å². The second-order valence-electron chi connectivity index (χ2n) is 7.28. The predicted molar refractivity (Wildman–Crippen MR) is 116 cm³/mol. The van der Waals surface area contributed by atoms with Crippen molar-refractivity contribution in [3.63, 3.8) is 0 Å². The smallest absolute Gasteiger partial charge is 0.161 e. The van der Waals surface area contributed by atoms with Crippen LogP contribution in [0.2, 0.25) is 0 Å². The van der Waals surface area contributed by atoms with Gasteiger partial charge in [-0.15, -0.1) is 0 Å². The van der Waals surface area contributed by atoms with Gasteiger partial charge in [0.25, 0.3) is 0 Å². The first-order chi connectivity index (χ1) is 14.6. The fourth-order valence-electron chi connectivity index (χ4n) is 3.75. The molecule has 0 saturated heterocycles. The van der Waals surface area contributed by atoms with E-state index in [0.717, 1.165) is 39.9 Å². The van der Waals surface area contributed by atoms with E-state index in [1.54, 1.807) is 12.1 Å². The third-order valence-corrected chi connectivity index (χ3v) is 5.34. The Balaban J connectivity index is 1.49. The molecule has 1 N–H and O–H groups in total. The summed E-state index contributed by atoms with van der Waals surface area (Å²) in [4.78, 5) is 4.39. The van der Waals surface area contributed by atoms with Gasteiger partial charge in [0.1, 0.15) is 6.10 Å². The molecule has 1 aliphatic carbocycles. The standard InChI is InChI=1S/C26H17F2NO/c27-23-14-19-10-12-20(29-25(19)15-24(23)28)11-6-16-5-7-18-9-8-17-3-1-2-4-21(17)26(30)22(18)13-16/h1-15,26,30H. The van der Waals surface area contributed by atoms with Crippen molar-refractivity contribution < 1.29 is 13.9 Å². The van der Waals surface area contributed by atoms with Crippen molar-refractivity contribution in [2.75, 3.05) is 0 Å². The lowest BCUT2D eigenvalue weighted by atomic mass is 9.95. The van der Waals surface area contributed by atoms with Gasteiger partial charge in [0, 0.05) is 11.5 Å². The highest BCUT2D eigenvalue weighted by Gasteiger charge is 2.18. The second-order valence-corrected chi connectivity index (χ2v) is 7.28. The van der Waals surface area contributed by atoms with Gasteiger partial charge in [-0.25, -0.2) is 13.8 Å². The summed E-state index contributed by atoms with van der Waals surface area (Å²) < 4.78 is 26.9. The third kappa shape index (κ3) is 3.31. The van der Waals surface area contributed by atoms with Crippen LogP contribution in [0.4, 0.5) is 8.78 Å². The SMILES string of the molecule is OC1c2ccccc2C=Cc2ccc(C=Cc3ccc4cc(F)c(F)cc4n3)cc21. The van der Waals surface area contributed by atoms with Crippen molar-refractivity contribution in [2.45, 2.75) is 6.10 Å². The normalized spacial score (nSPS) is 15.2. The average molecular weight is 397 g/mol. The van der Waals surface area contributed by atoms with Gasteiger partial charge in [0.15, 0.2) is 11.6 Å². The highest BCUT2D eigenvalue weighted by atomic mass is 19.2. The van der Waals surface area contributed by atoms with Gasteiger partial charge in [-0.2, -0.15) is 0 Å². The van der Waals surface area contributed by atoms with Crippen LogP contribution in [-0.4, -0.2) is 10.1 Å². The molecule has 1 aliphatic rings. The van der Waals surface area contributed by atoms with Crippen LogP contribution in [0.5, 0.6) is 0 Å². The summed E-state index contributed by atoms with van der Waals surface area (Å²) in [6.45, 7) is 0. The number of hydrogen-bond donors (Lipinski definition) is 1. The molecule has 0 bridgehead atoms. The molecule has 146 valence electrons. The lowest BCUT2D eigenvalue weighted by Crippen LogP contribution is -2.02. The quantitative estimate of drug-likeness (QED) is 0.434. The molecular formula is C26H17F2NO. The van der Waals surface area contributed by atoms with E-state index in [2.05, 4.69) is 4.98 Å². The Hall–Kier alpha value is -3.63. The molecular weight excluding hydrogens is 380 g/mol. The zero-order valence-corrected chi connectivity index (χ0v) is 15.9. The minimum absolute atomic E-state index is 0.398. The molecule has 30 heavy (non-hydrogen) atoms. The molecule has 0 spiro atoms. The van der Waals surface area contributed by atoms with Crippen LogP contribution in [0, 0.1) is 11.6 Å². The predicted octanol–water partition coefficient (Wildman–Crippen LogP) is 6.25. The Morgan fingerprint density at radius 3 is 2.40 bits per heavy atom. The Bertz CT molecular complexity index is 1340. The van der Waals surface area contributed by atoms with Crippen LogP contribution in [0.15, 0.2) is 66.7 Å². The number of aromatic nitrogens is 1. The van der Waals surface area contributed by atoms with Gasteiger partial charge in [-0.05, 0) is 52.1 Å². The van der Waals surface area contributed by atoms with Crippen LogP contribution < -0.4 is 0 Å². The van der Waals surface area contributed by atoms with Gasteiger partial charge >= 0.3 is 0 Å². The zero-order chi connectivity index (χ0) is 20.7. The summed E-state index contributed by atoms with van der Waals surface area (Å²) in [6, 6.07) is 19.4. The van der Waals surface area contributed by atoms with E-state index in [1.165, 1.54) is 0 Å². The van der Waals surface area contributed by atoms with E-state index in [0.29, 0.717) is 16.6 Å². The number of pyridine rings is 1. The number of rotatable bonds is 2. The molecule has 0 fully saturated rings. The van der Waals surface area contributed by atoms with Crippen LogP contribution in [0.3, 0.4) is 0 Å². The van der Waals surface area contributed by atoms with Crippen LogP contribution in [0.25, 0.3) is 35.2 Å². The average Bonchev–Trinajstić information content (AvgIpc) is 2.90. The maximum atomic E-state index is 13.5. The summed E-state index contributed by atoms with van der Waals surface area (Å²) in [7, 11) is 0. The monoisotopic (exact) mass is 397 g/mol. The molecule has 0 aliphatic heterocycles. The van der Waals surface area contributed by atoms with Crippen LogP contribution in [0.1, 0.15) is 39.6 Å². The Kier molecular flexibility index (Phi) is 4.49. The molecule has 4 aromatic rings. The molecule has 1 heterocycles. The van der Waals surface area contributed by atoms with E-state index in [-0.39, 0.29) is 0 Å². The Labute approximate surface area is 172 Å². The van der Waals surface area contributed by atoms with Crippen molar-refractivity contribution in [2.24, 2.45) is 0 Å². The van der Waals surface area contributed by atoms with E-state index >= 15 is 0 Å². The number of aliphatic hydroxyl groups is 1. The second kappa shape index (κ2) is 7.32. The molecule has 5 rings (SSSR count). The zero-order valence-electron chi connectivity index (χ0n) is 15.9. The van der Waals surface area contributed by atoms with Crippen LogP contribution >= 0.6 is 0 Å². The molecule has 3 aromatic carbocycles. The van der Waals surface area contributed by atoms with Gasteiger partial charge in [0.2, 0.25) is 0 Å². The fraction of sp³-hybridized carbons (Fsp3) is 0.0385. The van der Waals surface area contributed by atoms with Crippen molar-refractivity contribution in [1.29, 1.82) is 0 Å². The molecule has 2 nitrogen and oxygen atoms in total. The van der Waals surface area contributed by atoms with Crippen molar-refractivity contribution in [3.05, 3.63) is 112 Å². The number of nitrogens with zero attached hydrogens (tertiary/aromatic N) is 1. The lowest BCUT2D eigenvalue weighted by Gasteiger charge is -2.15. The van der Waals surface area contributed by atoms with E-state index < -0.39 is 17.7 Å². The van der Waals surface area contributed by atoms with E-state index in [1.807, 2.05) is 66.8 Å². The fourth-order valence-corrected chi connectivity index (χ4v) is 3.75. The minimum Gasteiger partial charge on any atom is -0.384 e. The first kappa shape index (κ1) is 18.4. The Morgan fingerprint density at radius 2 is 1.53 bits per heavy atom. The number of hydrogen-bond acceptors (Lipinski definition) is 2. The molecule has 0 radical (unpaired) electrons. The van der Waals surface area contributed by atoms with Crippen molar-refractivity contribution in [1.82, 2.24) is 4.98 Å². The van der Waals surface area contributed by atoms with E-state index in [9.17, 15) is 13.9 Å². The number of benzene rings is 3. The summed E-state index contributed by atoms with van der Waals surface area (Å²) in [6.07, 6.45) is 7.02. The minimum atomic E-state index is -0.913. The summed E-state index contributed by atoms with van der Waals surface area (Å²) in [5.74, 6) is -1.80. The number of aliphatic hydroxyl groups excluding tert-OH is 1. The summed E-state index contributed by atoms with van der Waals surface area (Å²) in [5, 5.41) is 11.5. The highest BCUT2D eigenvalue weighted by Crippen LogP contribution is 2.33. The number of fused-ring (bicyclic) bond motifs is 3.